The van der Waals surface area contributed by atoms with Gasteiger partial charge in [0, 0.05) is 26.2 Å². The standard InChI is InChI=1S/C14H29N3O2.2ClH/c1-11(2)8-13(15)14(18)16-9-12(3)10-17-4-6-19-7-5-17;;/h11-13H,4-10,15H2,1-3H3,(H,16,18);2*1H/t12?,13-;;/m0../s1. The van der Waals surface area contributed by atoms with Gasteiger partial charge in [0.25, 0.3) is 0 Å². The summed E-state index contributed by atoms with van der Waals surface area (Å²) in [5.74, 6) is 0.863. The van der Waals surface area contributed by atoms with Crippen molar-refractivity contribution in [2.75, 3.05) is 39.4 Å². The maximum atomic E-state index is 11.8. The van der Waals surface area contributed by atoms with Gasteiger partial charge in [0.1, 0.15) is 0 Å². The van der Waals surface area contributed by atoms with Crippen molar-refractivity contribution in [2.45, 2.75) is 33.2 Å². The highest BCUT2D eigenvalue weighted by Crippen LogP contribution is 2.04. The zero-order valence-electron chi connectivity index (χ0n) is 13.3. The Morgan fingerprint density at radius 2 is 1.81 bits per heavy atom. The van der Waals surface area contributed by atoms with E-state index in [1.54, 1.807) is 0 Å². The Kier molecular flexibility index (Phi) is 13.8. The van der Waals surface area contributed by atoms with Crippen LogP contribution < -0.4 is 11.1 Å². The summed E-state index contributed by atoms with van der Waals surface area (Å²) in [6, 6.07) is -0.379. The number of nitrogens with zero attached hydrogens (tertiary/aromatic N) is 1. The molecule has 0 saturated carbocycles. The first-order valence-corrected chi connectivity index (χ1v) is 7.32. The molecular weight excluding hydrogens is 313 g/mol. The minimum atomic E-state index is -0.379. The molecule has 1 unspecified atom stereocenters. The zero-order valence-corrected chi connectivity index (χ0v) is 15.0. The molecule has 0 aromatic rings. The van der Waals surface area contributed by atoms with Crippen molar-refractivity contribution in [1.29, 1.82) is 0 Å². The van der Waals surface area contributed by atoms with E-state index in [1.807, 2.05) is 0 Å². The average molecular weight is 344 g/mol. The minimum Gasteiger partial charge on any atom is -0.379 e. The molecule has 5 nitrogen and oxygen atoms in total. The first-order chi connectivity index (χ1) is 8.99. The van der Waals surface area contributed by atoms with Gasteiger partial charge in [-0.25, -0.2) is 0 Å². The van der Waals surface area contributed by atoms with Crippen LogP contribution in [0.3, 0.4) is 0 Å². The van der Waals surface area contributed by atoms with E-state index >= 15 is 0 Å². The molecule has 0 radical (unpaired) electrons. The zero-order chi connectivity index (χ0) is 14.3. The third-order valence-corrected chi connectivity index (χ3v) is 3.36. The molecule has 0 aliphatic carbocycles. The van der Waals surface area contributed by atoms with E-state index in [0.29, 0.717) is 18.4 Å². The molecule has 21 heavy (non-hydrogen) atoms. The number of hydrogen-bond acceptors (Lipinski definition) is 4. The molecule has 1 fully saturated rings. The molecule has 3 N–H and O–H groups in total. The fraction of sp³-hybridized carbons (Fsp3) is 0.929. The Bertz CT molecular complexity index is 275. The van der Waals surface area contributed by atoms with Crippen molar-refractivity contribution >= 4 is 30.7 Å². The van der Waals surface area contributed by atoms with E-state index in [2.05, 4.69) is 31.0 Å². The lowest BCUT2D eigenvalue weighted by molar-refractivity contribution is -0.122. The van der Waals surface area contributed by atoms with Crippen LogP contribution in [0.4, 0.5) is 0 Å². The van der Waals surface area contributed by atoms with E-state index in [0.717, 1.165) is 39.3 Å². The predicted octanol–water partition coefficient (Wildman–Crippen LogP) is 1.29. The molecule has 1 aliphatic rings. The number of halogens is 2. The van der Waals surface area contributed by atoms with Gasteiger partial charge >= 0.3 is 0 Å². The van der Waals surface area contributed by atoms with Gasteiger partial charge in [-0.15, -0.1) is 24.8 Å². The lowest BCUT2D eigenvalue weighted by atomic mass is 10.0. The lowest BCUT2D eigenvalue weighted by Crippen LogP contribution is -2.45. The third-order valence-electron chi connectivity index (χ3n) is 3.36. The van der Waals surface area contributed by atoms with E-state index < -0.39 is 0 Å². The Morgan fingerprint density at radius 3 is 2.33 bits per heavy atom. The molecule has 128 valence electrons. The number of rotatable bonds is 7. The van der Waals surface area contributed by atoms with Crippen molar-refractivity contribution in [1.82, 2.24) is 10.2 Å². The molecule has 1 amide bonds. The van der Waals surface area contributed by atoms with Crippen LogP contribution in [0.1, 0.15) is 27.2 Å². The monoisotopic (exact) mass is 343 g/mol. The molecular formula is C14H31Cl2N3O2. The van der Waals surface area contributed by atoms with E-state index in [4.69, 9.17) is 10.5 Å². The summed E-state index contributed by atoms with van der Waals surface area (Å²) in [5.41, 5.74) is 5.85. The van der Waals surface area contributed by atoms with Crippen LogP contribution in [0.15, 0.2) is 0 Å². The number of carbonyl (C=O) groups excluding carboxylic acids is 1. The molecule has 1 rings (SSSR count). The number of carbonyl (C=O) groups is 1. The van der Waals surface area contributed by atoms with Gasteiger partial charge in [0.15, 0.2) is 0 Å². The Balaban J connectivity index is 0. The van der Waals surface area contributed by atoms with Gasteiger partial charge < -0.3 is 15.8 Å². The first-order valence-electron chi connectivity index (χ1n) is 7.32. The van der Waals surface area contributed by atoms with E-state index in [-0.39, 0.29) is 36.8 Å². The minimum absolute atomic E-state index is 0. The fourth-order valence-corrected chi connectivity index (χ4v) is 2.31. The van der Waals surface area contributed by atoms with Crippen LogP contribution in [0.2, 0.25) is 0 Å². The SMILES string of the molecule is CC(C)C[C@H](N)C(=O)NCC(C)CN1CCOCC1.Cl.Cl. The van der Waals surface area contributed by atoms with Gasteiger partial charge in [-0.05, 0) is 18.3 Å². The highest BCUT2D eigenvalue weighted by Gasteiger charge is 2.17. The van der Waals surface area contributed by atoms with Crippen molar-refractivity contribution in [2.24, 2.45) is 17.6 Å². The maximum absolute atomic E-state index is 11.8. The second kappa shape index (κ2) is 12.5. The molecule has 1 aliphatic heterocycles. The molecule has 0 spiro atoms. The van der Waals surface area contributed by atoms with Gasteiger partial charge in [-0.1, -0.05) is 20.8 Å². The van der Waals surface area contributed by atoms with Crippen molar-refractivity contribution < 1.29 is 9.53 Å². The summed E-state index contributed by atoms with van der Waals surface area (Å²) in [6.45, 7) is 11.6. The molecule has 7 heteroatoms. The maximum Gasteiger partial charge on any atom is 0.236 e. The molecule has 1 heterocycles. The molecule has 2 atom stereocenters. The second-order valence-corrected chi connectivity index (χ2v) is 6.00. The molecule has 0 bridgehead atoms. The Labute approximate surface area is 141 Å². The highest BCUT2D eigenvalue weighted by atomic mass is 35.5. The number of hydrogen-bond donors (Lipinski definition) is 2. The van der Waals surface area contributed by atoms with Crippen LogP contribution in [0.5, 0.6) is 0 Å². The topological polar surface area (TPSA) is 67.6 Å². The fourth-order valence-electron chi connectivity index (χ4n) is 2.31. The summed E-state index contributed by atoms with van der Waals surface area (Å²) in [6.07, 6.45) is 0.740. The molecule has 0 aromatic carbocycles. The average Bonchev–Trinajstić information content (AvgIpc) is 2.36. The van der Waals surface area contributed by atoms with Crippen LogP contribution in [-0.2, 0) is 9.53 Å². The summed E-state index contributed by atoms with van der Waals surface area (Å²) in [4.78, 5) is 14.2. The summed E-state index contributed by atoms with van der Waals surface area (Å²) < 4.78 is 5.32. The number of nitrogens with two attached hydrogens (primary N) is 1. The van der Waals surface area contributed by atoms with E-state index in [1.165, 1.54) is 0 Å². The number of nitrogens with one attached hydrogen (secondary N) is 1. The number of ether oxygens (including phenoxy) is 1. The second-order valence-electron chi connectivity index (χ2n) is 6.00. The van der Waals surface area contributed by atoms with Crippen molar-refractivity contribution in [3.05, 3.63) is 0 Å². The molecule has 0 aromatic heterocycles. The Morgan fingerprint density at radius 1 is 1.24 bits per heavy atom. The summed E-state index contributed by atoms with van der Waals surface area (Å²) in [7, 11) is 0. The van der Waals surface area contributed by atoms with Gasteiger partial charge in [-0.2, -0.15) is 0 Å². The highest BCUT2D eigenvalue weighted by molar-refractivity contribution is 5.85. The molecule has 1 saturated heterocycles. The van der Waals surface area contributed by atoms with Gasteiger partial charge in [0.2, 0.25) is 5.91 Å². The van der Waals surface area contributed by atoms with Crippen LogP contribution >= 0.6 is 24.8 Å². The van der Waals surface area contributed by atoms with Crippen LogP contribution in [0.25, 0.3) is 0 Å². The summed E-state index contributed by atoms with van der Waals surface area (Å²) >= 11 is 0. The smallest absolute Gasteiger partial charge is 0.236 e. The van der Waals surface area contributed by atoms with E-state index in [9.17, 15) is 4.79 Å². The normalized spacial score (nSPS) is 18.3. The van der Waals surface area contributed by atoms with Crippen molar-refractivity contribution in [3.8, 4) is 0 Å². The van der Waals surface area contributed by atoms with Crippen molar-refractivity contribution in [3.63, 3.8) is 0 Å². The Hall–Kier alpha value is -0.0700. The first kappa shape index (κ1) is 23.2. The number of morpholine rings is 1. The third kappa shape index (κ3) is 10.3. The van der Waals surface area contributed by atoms with Gasteiger partial charge in [0.05, 0.1) is 19.3 Å². The quantitative estimate of drug-likeness (QED) is 0.730. The lowest BCUT2D eigenvalue weighted by Gasteiger charge is -2.29. The number of amides is 1. The largest absolute Gasteiger partial charge is 0.379 e. The predicted molar refractivity (Wildman–Crippen MR) is 91.4 cm³/mol. The van der Waals surface area contributed by atoms with Gasteiger partial charge in [-0.3, -0.25) is 9.69 Å². The summed E-state index contributed by atoms with van der Waals surface area (Å²) in [5, 5.41) is 2.96. The van der Waals surface area contributed by atoms with Crippen LogP contribution in [0, 0.1) is 11.8 Å². The van der Waals surface area contributed by atoms with Crippen LogP contribution in [-0.4, -0.2) is 56.2 Å².